The van der Waals surface area contributed by atoms with E-state index in [-0.39, 0.29) is 34.3 Å². The molecule has 0 fully saturated rings. The fourth-order valence-electron chi connectivity index (χ4n) is 0. The Kier molecular flexibility index (Phi) is 24.7. The first-order valence-corrected chi connectivity index (χ1v) is 1.43. The molecular weight excluding hydrogens is 125 g/mol. The van der Waals surface area contributed by atoms with Gasteiger partial charge >= 0.3 is 29.6 Å². The average molecular weight is 126 g/mol. The van der Waals surface area contributed by atoms with Gasteiger partial charge in [-0.25, -0.2) is 0 Å². The van der Waals surface area contributed by atoms with Gasteiger partial charge in [-0.2, -0.15) is 0 Å². The Morgan fingerprint density at radius 2 is 1.33 bits per heavy atom. The van der Waals surface area contributed by atoms with E-state index in [0.717, 1.165) is 0 Å². The summed E-state index contributed by atoms with van der Waals surface area (Å²) in [5, 5.41) is 0. The first-order chi connectivity index (χ1) is 1.73. The second kappa shape index (κ2) is 9.44. The summed E-state index contributed by atoms with van der Waals surface area (Å²) in [6.45, 7) is 0. The molecular formula is HClFNaO3. The summed E-state index contributed by atoms with van der Waals surface area (Å²) in [5.41, 5.74) is 0. The van der Waals surface area contributed by atoms with Crippen molar-refractivity contribution >= 4 is 0 Å². The van der Waals surface area contributed by atoms with Crippen LogP contribution in [0.4, 0.5) is 0 Å². The topological polar surface area (TPSA) is 66.3 Å². The Bertz CT molecular complexity index is 15.5. The first kappa shape index (κ1) is 15.7. The minimum absolute atomic E-state index is 0. The van der Waals surface area contributed by atoms with E-state index in [9.17, 15) is 0 Å². The normalized spacial score (nSPS) is 6.00. The van der Waals surface area contributed by atoms with Gasteiger partial charge in [-0.3, -0.25) is 0 Å². The van der Waals surface area contributed by atoms with Gasteiger partial charge in [0.25, 0.3) is 10.8 Å². The maximum absolute atomic E-state index is 8.52. The maximum Gasteiger partial charge on any atom is 1.00 e. The summed E-state index contributed by atoms with van der Waals surface area (Å²) in [6.07, 6.45) is 0. The molecule has 0 spiro atoms. The van der Waals surface area contributed by atoms with Crippen molar-refractivity contribution in [1.29, 1.82) is 0 Å². The summed E-state index contributed by atoms with van der Waals surface area (Å²) in [6, 6.07) is 0. The van der Waals surface area contributed by atoms with Crippen LogP contribution in [0.2, 0.25) is 0 Å². The van der Waals surface area contributed by atoms with Crippen LogP contribution in [-0.4, -0.2) is 4.66 Å². The third-order valence-electron chi connectivity index (χ3n) is 0. The molecule has 0 unspecified atom stereocenters. The third-order valence-corrected chi connectivity index (χ3v) is 0. The van der Waals surface area contributed by atoms with Crippen LogP contribution >= 0.6 is 0 Å². The molecule has 0 radical (unpaired) electrons. The van der Waals surface area contributed by atoms with Gasteiger partial charge in [-0.1, -0.05) is 0 Å². The zero-order valence-electron chi connectivity index (χ0n) is 3.02. The fraction of sp³-hybridized carbons (Fsp3) is 0. The Morgan fingerprint density at radius 3 is 1.33 bits per heavy atom. The van der Waals surface area contributed by atoms with Crippen molar-refractivity contribution in [2.75, 3.05) is 0 Å². The van der Waals surface area contributed by atoms with E-state index in [1.165, 1.54) is 0 Å². The number of hydrogen-bond acceptors (Lipinski definition) is 3. The fourth-order valence-corrected chi connectivity index (χ4v) is 0. The third kappa shape index (κ3) is 70.9. The van der Waals surface area contributed by atoms with Crippen LogP contribution in [0.25, 0.3) is 0 Å². The van der Waals surface area contributed by atoms with Crippen molar-refractivity contribution in [3.05, 3.63) is 0 Å². The van der Waals surface area contributed by atoms with Gasteiger partial charge in [0.05, 0.1) is 0 Å². The number of hydrogen-bond donors (Lipinski definition) is 1. The van der Waals surface area contributed by atoms with Crippen LogP contribution in [0.15, 0.2) is 0 Å². The summed E-state index contributed by atoms with van der Waals surface area (Å²) >= 11 is 0. The quantitative estimate of drug-likeness (QED) is 0.328. The van der Waals surface area contributed by atoms with E-state index >= 15 is 0 Å². The summed E-state index contributed by atoms with van der Waals surface area (Å²) in [4.78, 5) is 0. The standard InChI is InChI=1S/ClHO3.FH.Na/c2-1(3)4;;/h2H;1H;/q;;+1/p-1. The summed E-state index contributed by atoms with van der Waals surface area (Å²) < 4.78 is 24.0. The molecule has 0 rings (SSSR count). The largest absolute Gasteiger partial charge is 1.00 e. The van der Waals surface area contributed by atoms with E-state index in [1.54, 1.807) is 0 Å². The van der Waals surface area contributed by atoms with Gasteiger partial charge in [0.2, 0.25) is 0 Å². The Labute approximate surface area is 59.0 Å². The van der Waals surface area contributed by atoms with Gasteiger partial charge in [0.15, 0.2) is 0 Å². The predicted octanol–water partition coefficient (Wildman–Crippen LogP) is -8.93. The molecule has 0 amide bonds. The van der Waals surface area contributed by atoms with Crippen molar-refractivity contribution in [3.8, 4) is 0 Å². The molecule has 0 aliphatic carbocycles. The van der Waals surface area contributed by atoms with Crippen molar-refractivity contribution in [3.63, 3.8) is 0 Å². The Balaban J connectivity index is -0.0000000450. The van der Waals surface area contributed by atoms with E-state index in [0.29, 0.717) is 0 Å². The van der Waals surface area contributed by atoms with Crippen LogP contribution in [-0.2, 0) is 0 Å². The first-order valence-electron chi connectivity index (χ1n) is 0.478. The van der Waals surface area contributed by atoms with Crippen molar-refractivity contribution in [2.45, 2.75) is 0 Å². The van der Waals surface area contributed by atoms with Crippen LogP contribution in [0.5, 0.6) is 0 Å². The minimum atomic E-state index is -2.60. The molecule has 6 heteroatoms. The molecule has 0 saturated heterocycles. The van der Waals surface area contributed by atoms with Gasteiger partial charge in [0, 0.05) is 4.66 Å². The molecule has 0 bridgehead atoms. The molecule has 0 atom stereocenters. The zero-order chi connectivity index (χ0) is 3.58. The van der Waals surface area contributed by atoms with Gasteiger partial charge in [-0.15, -0.1) is 0 Å². The molecule has 0 aliphatic heterocycles. The van der Waals surface area contributed by atoms with E-state index in [4.69, 9.17) is 14.0 Å². The molecule has 0 aromatic rings. The summed E-state index contributed by atoms with van der Waals surface area (Å²) in [5.74, 6) is 0. The molecule has 34 valence electrons. The van der Waals surface area contributed by atoms with E-state index in [1.807, 2.05) is 0 Å². The van der Waals surface area contributed by atoms with Gasteiger partial charge in [-0.05, 0) is 0 Å². The molecule has 0 aromatic carbocycles. The Hall–Kier alpha value is 1.10. The monoisotopic (exact) mass is 126 g/mol. The Morgan fingerprint density at radius 1 is 1.33 bits per heavy atom. The predicted molar refractivity (Wildman–Crippen MR) is 2.22 cm³/mol. The van der Waals surface area contributed by atoms with E-state index in [2.05, 4.69) is 0 Å². The van der Waals surface area contributed by atoms with Crippen LogP contribution < -0.4 is 43.6 Å². The maximum atomic E-state index is 8.52. The van der Waals surface area contributed by atoms with Gasteiger partial charge in [0.1, 0.15) is 0 Å². The van der Waals surface area contributed by atoms with Crippen LogP contribution in [0, 0.1) is 10.8 Å². The average Bonchev–Trinajstić information content (AvgIpc) is 0.811. The second-order valence-corrected chi connectivity index (χ2v) is 0.603. The molecule has 0 aromatic heterocycles. The summed E-state index contributed by atoms with van der Waals surface area (Å²) in [7, 11) is -2.60. The zero-order valence-corrected chi connectivity index (χ0v) is 5.78. The molecule has 6 heavy (non-hydrogen) atoms. The molecule has 0 aliphatic rings. The minimum Gasteiger partial charge on any atom is -1.00 e. The van der Waals surface area contributed by atoms with Gasteiger partial charge < -0.3 is 14.0 Å². The molecule has 0 heterocycles. The molecule has 0 saturated carbocycles. The smallest absolute Gasteiger partial charge is 1.00 e. The van der Waals surface area contributed by atoms with Crippen molar-refractivity contribution < 1.29 is 59.0 Å². The van der Waals surface area contributed by atoms with Crippen molar-refractivity contribution in [1.82, 2.24) is 0 Å². The SMILES string of the molecule is [F-].[Na+].[O-][Cl+2]([O-])O. The van der Waals surface area contributed by atoms with Crippen LogP contribution in [0.3, 0.4) is 0 Å². The van der Waals surface area contributed by atoms with Crippen molar-refractivity contribution in [2.24, 2.45) is 0 Å². The second-order valence-electron chi connectivity index (χ2n) is 0.201. The number of halogens is 2. The van der Waals surface area contributed by atoms with E-state index < -0.39 is 10.8 Å². The number of rotatable bonds is 0. The molecule has 3 nitrogen and oxygen atoms in total. The van der Waals surface area contributed by atoms with Crippen LogP contribution in [0.1, 0.15) is 0 Å². The molecule has 1 N–H and O–H groups in total.